The van der Waals surface area contributed by atoms with Gasteiger partial charge in [0.25, 0.3) is 0 Å². The highest BCUT2D eigenvalue weighted by Crippen LogP contribution is 2.64. The van der Waals surface area contributed by atoms with E-state index < -0.39 is 29.7 Å². The molecule has 1 saturated heterocycles. The quantitative estimate of drug-likeness (QED) is 0.740. The molecule has 0 aromatic heterocycles. The third kappa shape index (κ3) is 2.02. The molecule has 1 aromatic rings. The lowest BCUT2D eigenvalue weighted by atomic mass is 9.49. The lowest BCUT2D eigenvalue weighted by Crippen LogP contribution is -2.76. The maximum atomic E-state index is 12.0. The Labute approximate surface area is 162 Å². The molecular formula is C20H24N2O6. The zero-order valence-electron chi connectivity index (χ0n) is 16.0. The van der Waals surface area contributed by atoms with Gasteiger partial charge in [-0.1, -0.05) is 11.2 Å². The van der Waals surface area contributed by atoms with Crippen LogP contribution in [-0.2, 0) is 21.5 Å². The fourth-order valence-corrected chi connectivity index (χ4v) is 5.97. The molecule has 4 aliphatic rings. The van der Waals surface area contributed by atoms with Crippen molar-refractivity contribution in [3.63, 3.8) is 0 Å². The second kappa shape index (κ2) is 5.84. The highest BCUT2D eigenvalue weighted by atomic mass is 16.6. The number of benzene rings is 1. The highest BCUT2D eigenvalue weighted by Gasteiger charge is 2.72. The Hall–Kier alpha value is -2.32. The van der Waals surface area contributed by atoms with E-state index in [0.717, 1.165) is 24.9 Å². The van der Waals surface area contributed by atoms with Crippen LogP contribution in [0.15, 0.2) is 17.3 Å². The van der Waals surface area contributed by atoms with E-state index in [1.165, 1.54) is 5.56 Å². The van der Waals surface area contributed by atoms with Gasteiger partial charge in [-0.05, 0) is 50.9 Å². The lowest BCUT2D eigenvalue weighted by molar-refractivity contribution is -0.161. The Morgan fingerprint density at radius 1 is 1.43 bits per heavy atom. The number of carbonyl (C=O) groups is 1. The summed E-state index contributed by atoms with van der Waals surface area (Å²) in [6, 6.07) is 3.99. The van der Waals surface area contributed by atoms with Gasteiger partial charge < -0.3 is 29.4 Å². The largest absolute Gasteiger partial charge is 0.493 e. The average molecular weight is 388 g/mol. The van der Waals surface area contributed by atoms with Crippen LogP contribution in [0.4, 0.5) is 0 Å². The Morgan fingerprint density at radius 3 is 3.00 bits per heavy atom. The summed E-state index contributed by atoms with van der Waals surface area (Å²) in [6.45, 7) is 0.340. The minimum Gasteiger partial charge on any atom is -0.493 e. The first-order valence-corrected chi connectivity index (χ1v) is 9.62. The number of piperidine rings is 1. The number of oxime groups is 1. The SMILES string of the molecule is COc1ccc2c3c1O[C@H]1/C(=N\OCC(=O)O)CCC4(O)[C@@H](C2)N(C)CC[C@]314. The van der Waals surface area contributed by atoms with Gasteiger partial charge in [-0.2, -0.15) is 0 Å². The molecule has 1 saturated carbocycles. The fourth-order valence-electron chi connectivity index (χ4n) is 5.97. The third-order valence-corrected chi connectivity index (χ3v) is 7.12. The van der Waals surface area contributed by atoms with Gasteiger partial charge in [-0.25, -0.2) is 4.79 Å². The summed E-state index contributed by atoms with van der Waals surface area (Å²) in [7, 11) is 3.67. The van der Waals surface area contributed by atoms with E-state index in [4.69, 9.17) is 19.4 Å². The Morgan fingerprint density at radius 2 is 2.25 bits per heavy atom. The van der Waals surface area contributed by atoms with E-state index in [2.05, 4.69) is 23.2 Å². The van der Waals surface area contributed by atoms with Crippen molar-refractivity contribution >= 4 is 11.7 Å². The molecule has 4 atom stereocenters. The van der Waals surface area contributed by atoms with Crippen molar-refractivity contribution in [3.8, 4) is 11.5 Å². The van der Waals surface area contributed by atoms with Gasteiger partial charge in [0.2, 0.25) is 6.61 Å². The number of rotatable bonds is 4. The van der Waals surface area contributed by atoms with Gasteiger partial charge in [-0.15, -0.1) is 0 Å². The predicted molar refractivity (Wildman–Crippen MR) is 99.0 cm³/mol. The Balaban J connectivity index is 1.69. The Kier molecular flexibility index (Phi) is 3.70. The van der Waals surface area contributed by atoms with Gasteiger partial charge in [0.05, 0.1) is 23.8 Å². The molecular weight excluding hydrogens is 364 g/mol. The molecule has 8 nitrogen and oxygen atoms in total. The van der Waals surface area contributed by atoms with Crippen molar-refractivity contribution in [1.29, 1.82) is 0 Å². The molecule has 2 aliphatic heterocycles. The standard InChI is InChI=1S/C20H24N2O6/c1-22-8-7-19-16-11-3-4-13(26-2)17(16)28-18(19)12(21-27-10-15(23)24)5-6-20(19,25)14(22)9-11/h3-4,14,18,25H,5-10H2,1-2H3,(H,23,24)/b21-12-/t14-,18+,19+,20?/m1/s1. The number of methoxy groups -OCH3 is 1. The first kappa shape index (κ1) is 17.8. The second-order valence-electron chi connectivity index (χ2n) is 8.22. The molecule has 2 fully saturated rings. The molecule has 2 N–H and O–H groups in total. The minimum atomic E-state index is -1.08. The number of aliphatic hydroxyl groups is 1. The van der Waals surface area contributed by atoms with Crippen LogP contribution in [0.5, 0.6) is 11.5 Å². The molecule has 1 spiro atoms. The van der Waals surface area contributed by atoms with E-state index in [1.807, 2.05) is 6.07 Å². The Bertz CT molecular complexity index is 886. The van der Waals surface area contributed by atoms with Crippen molar-refractivity contribution in [2.24, 2.45) is 5.16 Å². The first-order valence-electron chi connectivity index (χ1n) is 9.62. The molecule has 1 unspecified atom stereocenters. The van der Waals surface area contributed by atoms with Crippen molar-refractivity contribution in [1.82, 2.24) is 4.90 Å². The van der Waals surface area contributed by atoms with Crippen molar-refractivity contribution in [2.45, 2.75) is 48.8 Å². The van der Waals surface area contributed by atoms with Crippen LogP contribution >= 0.6 is 0 Å². The van der Waals surface area contributed by atoms with Crippen LogP contribution in [0.3, 0.4) is 0 Å². The number of nitrogens with zero attached hydrogens (tertiary/aromatic N) is 2. The number of carboxylic acids is 1. The van der Waals surface area contributed by atoms with Gasteiger partial charge in [0.1, 0.15) is 0 Å². The van der Waals surface area contributed by atoms with Crippen molar-refractivity contribution < 1.29 is 29.3 Å². The van der Waals surface area contributed by atoms with Gasteiger partial charge in [0.15, 0.2) is 17.6 Å². The summed E-state index contributed by atoms with van der Waals surface area (Å²) in [6.07, 6.45) is 2.04. The molecule has 28 heavy (non-hydrogen) atoms. The van der Waals surface area contributed by atoms with Gasteiger partial charge in [-0.3, -0.25) is 0 Å². The maximum absolute atomic E-state index is 12.0. The number of aliphatic carboxylic acids is 1. The number of hydrogen-bond donors (Lipinski definition) is 2. The molecule has 0 radical (unpaired) electrons. The molecule has 5 rings (SSSR count). The minimum absolute atomic E-state index is 0.000632. The number of carboxylic acid groups (broad SMARTS) is 1. The highest BCUT2D eigenvalue weighted by molar-refractivity contribution is 5.94. The number of likely N-dealkylation sites (N-methyl/N-ethyl adjacent to an activating group) is 1. The number of likely N-dealkylation sites (tertiary alicyclic amines) is 1. The smallest absolute Gasteiger partial charge is 0.344 e. The zero-order valence-corrected chi connectivity index (χ0v) is 16.0. The molecule has 150 valence electrons. The van der Waals surface area contributed by atoms with Crippen LogP contribution < -0.4 is 9.47 Å². The van der Waals surface area contributed by atoms with Crippen LogP contribution in [0.25, 0.3) is 0 Å². The molecule has 0 amide bonds. The van der Waals surface area contributed by atoms with Crippen LogP contribution in [0, 0.1) is 0 Å². The van der Waals surface area contributed by atoms with Crippen LogP contribution in [0.1, 0.15) is 30.4 Å². The summed E-state index contributed by atoms with van der Waals surface area (Å²) in [4.78, 5) is 18.1. The van der Waals surface area contributed by atoms with E-state index in [9.17, 15) is 9.90 Å². The molecule has 2 aliphatic carbocycles. The molecule has 2 bridgehead atoms. The van der Waals surface area contributed by atoms with Gasteiger partial charge in [0, 0.05) is 11.6 Å². The number of ether oxygens (including phenoxy) is 2. The van der Waals surface area contributed by atoms with E-state index in [-0.39, 0.29) is 6.04 Å². The summed E-state index contributed by atoms with van der Waals surface area (Å²) in [5.41, 5.74) is 1.30. The fraction of sp³-hybridized carbons (Fsp3) is 0.600. The monoisotopic (exact) mass is 388 g/mol. The summed E-state index contributed by atoms with van der Waals surface area (Å²) in [5, 5.41) is 25.0. The normalized spacial score (nSPS) is 36.6. The summed E-state index contributed by atoms with van der Waals surface area (Å²) >= 11 is 0. The first-order chi connectivity index (χ1) is 13.4. The molecule has 2 heterocycles. The van der Waals surface area contributed by atoms with Gasteiger partial charge >= 0.3 is 5.97 Å². The zero-order chi connectivity index (χ0) is 19.7. The molecule has 8 heteroatoms. The number of hydrogen-bond acceptors (Lipinski definition) is 7. The van der Waals surface area contributed by atoms with E-state index >= 15 is 0 Å². The van der Waals surface area contributed by atoms with Crippen molar-refractivity contribution in [2.75, 3.05) is 27.3 Å². The van der Waals surface area contributed by atoms with Crippen LogP contribution in [0.2, 0.25) is 0 Å². The van der Waals surface area contributed by atoms with E-state index in [0.29, 0.717) is 30.1 Å². The van der Waals surface area contributed by atoms with Crippen molar-refractivity contribution in [3.05, 3.63) is 23.3 Å². The van der Waals surface area contributed by atoms with Crippen LogP contribution in [-0.4, -0.2) is 71.8 Å². The topological polar surface area (TPSA) is 101 Å². The average Bonchev–Trinajstić information content (AvgIpc) is 3.01. The summed E-state index contributed by atoms with van der Waals surface area (Å²) in [5.74, 6) is 0.249. The lowest BCUT2D eigenvalue weighted by Gasteiger charge is -2.62. The third-order valence-electron chi connectivity index (χ3n) is 7.12. The van der Waals surface area contributed by atoms with E-state index in [1.54, 1.807) is 7.11 Å². The second-order valence-corrected chi connectivity index (χ2v) is 8.22. The predicted octanol–water partition coefficient (Wildman–Crippen LogP) is 0.936. The molecule has 1 aromatic carbocycles. The summed E-state index contributed by atoms with van der Waals surface area (Å²) < 4.78 is 12.0. The maximum Gasteiger partial charge on any atom is 0.344 e.